The lowest BCUT2D eigenvalue weighted by atomic mass is 10.0. The average molecular weight is 403 g/mol. The first-order chi connectivity index (χ1) is 13.4. The Morgan fingerprint density at radius 2 is 1.82 bits per heavy atom. The highest BCUT2D eigenvalue weighted by Crippen LogP contribution is 2.37. The van der Waals surface area contributed by atoms with Crippen LogP contribution in [-0.4, -0.2) is 58.6 Å². The molecule has 7 nitrogen and oxygen atoms in total. The van der Waals surface area contributed by atoms with E-state index in [9.17, 15) is 14.7 Å². The molecule has 2 aliphatic heterocycles. The molecule has 1 unspecified atom stereocenters. The number of hydrogen-bond donors (Lipinski definition) is 1. The van der Waals surface area contributed by atoms with E-state index in [-0.39, 0.29) is 5.91 Å². The number of halogens is 1. The summed E-state index contributed by atoms with van der Waals surface area (Å²) in [6, 6.07) is 6.10. The van der Waals surface area contributed by atoms with Crippen molar-refractivity contribution in [3.05, 3.63) is 34.9 Å². The van der Waals surface area contributed by atoms with E-state index in [1.165, 1.54) is 0 Å². The standard InChI is InChI=1S/C20H23ClN4O3/c1-2-3-9-20(22-23-20)10-8-17(26)24-11-13-25(14-12-24)18(19(27)28)15-4-6-16(21)7-5-15/h1,4-7,18H,3,8-14H2,(H,27,28). The van der Waals surface area contributed by atoms with E-state index >= 15 is 0 Å². The van der Waals surface area contributed by atoms with Gasteiger partial charge in [-0.3, -0.25) is 14.5 Å². The zero-order valence-electron chi connectivity index (χ0n) is 15.6. The molecule has 1 aromatic rings. The molecule has 2 aliphatic rings. The number of benzene rings is 1. The Balaban J connectivity index is 1.51. The van der Waals surface area contributed by atoms with Crippen molar-refractivity contribution >= 4 is 23.5 Å². The Hall–Kier alpha value is -2.43. The molecule has 8 heteroatoms. The zero-order chi connectivity index (χ0) is 20.1. The molecule has 0 saturated carbocycles. The van der Waals surface area contributed by atoms with Gasteiger partial charge in [0.05, 0.1) is 0 Å². The van der Waals surface area contributed by atoms with Crippen molar-refractivity contribution in [3.8, 4) is 12.3 Å². The van der Waals surface area contributed by atoms with Gasteiger partial charge in [0, 0.05) is 56.9 Å². The Bertz CT molecular complexity index is 789. The van der Waals surface area contributed by atoms with Crippen molar-refractivity contribution in [1.82, 2.24) is 9.80 Å². The summed E-state index contributed by atoms with van der Waals surface area (Å²) in [5.41, 5.74) is 0.233. The van der Waals surface area contributed by atoms with Crippen molar-refractivity contribution in [2.75, 3.05) is 26.2 Å². The van der Waals surface area contributed by atoms with E-state index in [1.54, 1.807) is 29.2 Å². The van der Waals surface area contributed by atoms with Gasteiger partial charge in [-0.1, -0.05) is 23.7 Å². The summed E-state index contributed by atoms with van der Waals surface area (Å²) in [6.07, 6.45) is 7.52. The number of carbonyl (C=O) groups is 2. The van der Waals surface area contributed by atoms with Crippen LogP contribution >= 0.6 is 11.6 Å². The first kappa shape index (κ1) is 20.3. The fourth-order valence-electron chi connectivity index (χ4n) is 3.52. The number of hydrogen-bond acceptors (Lipinski definition) is 5. The summed E-state index contributed by atoms with van der Waals surface area (Å²) in [5, 5.41) is 18.4. The molecule has 1 N–H and O–H groups in total. The minimum atomic E-state index is -0.908. The van der Waals surface area contributed by atoms with Gasteiger partial charge >= 0.3 is 5.97 Å². The topological polar surface area (TPSA) is 85.6 Å². The first-order valence-electron chi connectivity index (χ1n) is 9.32. The number of carboxylic acid groups (broad SMARTS) is 1. The molecule has 1 fully saturated rings. The quantitative estimate of drug-likeness (QED) is 0.677. The van der Waals surface area contributed by atoms with Crippen LogP contribution in [0, 0.1) is 12.3 Å². The van der Waals surface area contributed by atoms with Crippen molar-refractivity contribution < 1.29 is 14.7 Å². The van der Waals surface area contributed by atoms with Crippen molar-refractivity contribution in [2.24, 2.45) is 10.2 Å². The van der Waals surface area contributed by atoms with Crippen molar-refractivity contribution in [1.29, 1.82) is 0 Å². The predicted octanol–water partition coefficient (Wildman–Crippen LogP) is 2.97. The predicted molar refractivity (Wildman–Crippen MR) is 105 cm³/mol. The maximum atomic E-state index is 12.5. The molecule has 0 aromatic heterocycles. The van der Waals surface area contributed by atoms with E-state index in [4.69, 9.17) is 18.0 Å². The number of rotatable bonds is 8. The summed E-state index contributed by atoms with van der Waals surface area (Å²) in [6.45, 7) is 2.01. The second kappa shape index (κ2) is 8.72. The lowest BCUT2D eigenvalue weighted by molar-refractivity contribution is -0.145. The highest BCUT2D eigenvalue weighted by Gasteiger charge is 2.40. The molecule has 28 heavy (non-hydrogen) atoms. The molecule has 148 valence electrons. The second-order valence-corrected chi connectivity index (χ2v) is 7.53. The monoisotopic (exact) mass is 402 g/mol. The normalized spacial score (nSPS) is 19.1. The molecular weight excluding hydrogens is 380 g/mol. The van der Waals surface area contributed by atoms with Crippen LogP contribution in [0.4, 0.5) is 0 Å². The Morgan fingerprint density at radius 3 is 2.36 bits per heavy atom. The maximum absolute atomic E-state index is 12.5. The van der Waals surface area contributed by atoms with Crippen LogP contribution in [0.5, 0.6) is 0 Å². The average Bonchev–Trinajstić information content (AvgIpc) is 3.47. The maximum Gasteiger partial charge on any atom is 0.325 e. The van der Waals surface area contributed by atoms with Gasteiger partial charge in [0.25, 0.3) is 0 Å². The summed E-state index contributed by atoms with van der Waals surface area (Å²) in [7, 11) is 0. The summed E-state index contributed by atoms with van der Waals surface area (Å²) in [4.78, 5) is 28.0. The third kappa shape index (κ3) is 4.89. The van der Waals surface area contributed by atoms with E-state index in [2.05, 4.69) is 16.1 Å². The van der Waals surface area contributed by atoms with Crippen LogP contribution in [0.15, 0.2) is 34.5 Å². The van der Waals surface area contributed by atoms with Crippen LogP contribution in [0.3, 0.4) is 0 Å². The van der Waals surface area contributed by atoms with Crippen molar-refractivity contribution in [2.45, 2.75) is 37.4 Å². The SMILES string of the molecule is C#CCCC1(CCC(=O)N2CCN(C(C(=O)O)c3ccc(Cl)cc3)CC2)N=N1. The Morgan fingerprint density at radius 1 is 1.18 bits per heavy atom. The van der Waals surface area contributed by atoms with Gasteiger partial charge in [-0.2, -0.15) is 10.2 Å². The Labute approximate surface area is 169 Å². The number of amides is 1. The molecule has 1 aromatic carbocycles. The number of aliphatic carboxylic acids is 1. The number of carboxylic acids is 1. The van der Waals surface area contributed by atoms with Crippen LogP contribution in [0.1, 0.15) is 37.3 Å². The molecule has 0 aliphatic carbocycles. The van der Waals surface area contributed by atoms with Crippen LogP contribution in [-0.2, 0) is 9.59 Å². The third-order valence-corrected chi connectivity index (χ3v) is 5.50. The van der Waals surface area contributed by atoms with Gasteiger partial charge in [0.1, 0.15) is 6.04 Å². The van der Waals surface area contributed by atoms with Gasteiger partial charge in [0.2, 0.25) is 5.91 Å². The number of piperazine rings is 1. The van der Waals surface area contributed by atoms with Gasteiger partial charge in [-0.25, -0.2) is 0 Å². The largest absolute Gasteiger partial charge is 0.480 e. The molecular formula is C20H23ClN4O3. The lowest BCUT2D eigenvalue weighted by Gasteiger charge is -2.38. The van der Waals surface area contributed by atoms with Gasteiger partial charge in [-0.15, -0.1) is 12.3 Å². The van der Waals surface area contributed by atoms with E-state index in [1.807, 2.05) is 4.90 Å². The van der Waals surface area contributed by atoms with Crippen LogP contribution in [0.25, 0.3) is 0 Å². The van der Waals surface area contributed by atoms with Gasteiger partial charge in [0.15, 0.2) is 5.66 Å². The molecule has 1 atom stereocenters. The molecule has 0 radical (unpaired) electrons. The molecule has 3 rings (SSSR count). The molecule has 1 amide bonds. The van der Waals surface area contributed by atoms with Gasteiger partial charge in [-0.05, 0) is 17.7 Å². The highest BCUT2D eigenvalue weighted by atomic mass is 35.5. The molecule has 2 heterocycles. The lowest BCUT2D eigenvalue weighted by Crippen LogP contribution is -2.51. The fourth-order valence-corrected chi connectivity index (χ4v) is 3.64. The van der Waals surface area contributed by atoms with Crippen LogP contribution in [0.2, 0.25) is 5.02 Å². The fraction of sp³-hybridized carbons (Fsp3) is 0.500. The van der Waals surface area contributed by atoms with Crippen LogP contribution < -0.4 is 0 Å². The number of carbonyl (C=O) groups excluding carboxylic acids is 1. The zero-order valence-corrected chi connectivity index (χ0v) is 16.3. The Kier molecular flexibility index (Phi) is 6.32. The molecule has 1 saturated heterocycles. The van der Waals surface area contributed by atoms with Gasteiger partial charge < -0.3 is 10.0 Å². The highest BCUT2D eigenvalue weighted by molar-refractivity contribution is 6.30. The smallest absolute Gasteiger partial charge is 0.325 e. The number of nitrogens with zero attached hydrogens (tertiary/aromatic N) is 4. The second-order valence-electron chi connectivity index (χ2n) is 7.10. The summed E-state index contributed by atoms with van der Waals surface area (Å²) < 4.78 is 0. The minimum absolute atomic E-state index is 0.0513. The molecule has 0 spiro atoms. The van der Waals surface area contributed by atoms with E-state index < -0.39 is 17.7 Å². The third-order valence-electron chi connectivity index (χ3n) is 5.24. The molecule has 0 bridgehead atoms. The van der Waals surface area contributed by atoms with Crippen molar-refractivity contribution in [3.63, 3.8) is 0 Å². The summed E-state index contributed by atoms with van der Waals surface area (Å²) in [5.74, 6) is 1.72. The van der Waals surface area contributed by atoms with E-state index in [0.29, 0.717) is 62.4 Å². The summed E-state index contributed by atoms with van der Waals surface area (Å²) >= 11 is 5.90. The number of terminal acetylenes is 1. The first-order valence-corrected chi connectivity index (χ1v) is 9.69. The van der Waals surface area contributed by atoms with E-state index in [0.717, 1.165) is 0 Å². The minimum Gasteiger partial charge on any atom is -0.480 e.